The van der Waals surface area contributed by atoms with Crippen molar-refractivity contribution in [1.29, 1.82) is 0 Å². The van der Waals surface area contributed by atoms with Gasteiger partial charge in [-0.1, -0.05) is 24.3 Å². The summed E-state index contributed by atoms with van der Waals surface area (Å²) in [5.74, 6) is -1.40. The van der Waals surface area contributed by atoms with E-state index in [2.05, 4.69) is 5.32 Å². The van der Waals surface area contributed by atoms with Crippen LogP contribution in [0.3, 0.4) is 0 Å². The van der Waals surface area contributed by atoms with Gasteiger partial charge < -0.3 is 20.7 Å². The summed E-state index contributed by atoms with van der Waals surface area (Å²) in [6, 6.07) is 15.5. The van der Waals surface area contributed by atoms with Gasteiger partial charge in [-0.3, -0.25) is 9.59 Å². The van der Waals surface area contributed by atoms with Gasteiger partial charge in [-0.25, -0.2) is 0 Å². The second-order valence-electron chi connectivity index (χ2n) is 5.51. The molecule has 3 rings (SSSR count). The average molecular weight is 323 g/mol. The second kappa shape index (κ2) is 6.45. The van der Waals surface area contributed by atoms with Gasteiger partial charge in [0.2, 0.25) is 5.91 Å². The van der Waals surface area contributed by atoms with Crippen LogP contribution in [0.15, 0.2) is 54.7 Å². The first-order chi connectivity index (χ1) is 11.5. The van der Waals surface area contributed by atoms with Crippen molar-refractivity contribution >= 4 is 28.5 Å². The topological polar surface area (TPSA) is 97.4 Å². The smallest absolute Gasteiger partial charge is 0.322 e. The molecule has 122 valence electrons. The lowest BCUT2D eigenvalue weighted by molar-refractivity contribution is -0.138. The summed E-state index contributed by atoms with van der Waals surface area (Å²) in [5.41, 5.74) is 9.39. The lowest BCUT2D eigenvalue weighted by Gasteiger charge is -2.08. The predicted molar refractivity (Wildman–Crippen MR) is 92.4 cm³/mol. The number of carboxylic acid groups (broad SMARTS) is 1. The van der Waals surface area contributed by atoms with E-state index >= 15 is 0 Å². The van der Waals surface area contributed by atoms with Crippen molar-refractivity contribution in [2.45, 2.75) is 6.54 Å². The number of fused-ring (bicyclic) bond motifs is 1. The molecular formula is C18H17N3O3. The molecule has 0 saturated heterocycles. The Kier molecular flexibility index (Phi) is 4.20. The number of carbonyl (C=O) groups is 2. The van der Waals surface area contributed by atoms with Crippen LogP contribution in [0, 0.1) is 0 Å². The van der Waals surface area contributed by atoms with Gasteiger partial charge in [0.15, 0.2) is 0 Å². The molecule has 0 bridgehead atoms. The Morgan fingerprint density at radius 3 is 2.46 bits per heavy atom. The number of amides is 1. The molecule has 0 aliphatic rings. The number of aliphatic carboxylic acids is 1. The third-order valence-corrected chi connectivity index (χ3v) is 3.77. The average Bonchev–Trinajstić information content (AvgIpc) is 2.96. The van der Waals surface area contributed by atoms with Crippen LogP contribution < -0.4 is 11.1 Å². The number of hydrogen-bond donors (Lipinski definition) is 3. The first kappa shape index (κ1) is 15.6. The third-order valence-electron chi connectivity index (χ3n) is 3.77. The molecule has 0 atom stereocenters. The minimum absolute atomic E-state index is 0.0714. The van der Waals surface area contributed by atoms with Crippen molar-refractivity contribution in [1.82, 2.24) is 9.88 Å². The highest BCUT2D eigenvalue weighted by Gasteiger charge is 2.09. The molecule has 6 nitrogen and oxygen atoms in total. The van der Waals surface area contributed by atoms with Gasteiger partial charge in [-0.05, 0) is 40.8 Å². The monoisotopic (exact) mass is 323 g/mol. The molecule has 4 N–H and O–H groups in total. The van der Waals surface area contributed by atoms with Crippen LogP contribution >= 0.6 is 0 Å². The highest BCUT2D eigenvalue weighted by molar-refractivity contribution is 5.88. The molecule has 1 amide bonds. The van der Waals surface area contributed by atoms with Crippen molar-refractivity contribution in [2.75, 3.05) is 12.3 Å². The van der Waals surface area contributed by atoms with Gasteiger partial charge in [0.25, 0.3) is 0 Å². The Balaban J connectivity index is 1.87. The fourth-order valence-electron chi connectivity index (χ4n) is 2.56. The minimum Gasteiger partial charge on any atom is -0.480 e. The highest BCUT2D eigenvalue weighted by atomic mass is 16.4. The Morgan fingerprint density at radius 1 is 1.04 bits per heavy atom. The van der Waals surface area contributed by atoms with E-state index in [0.29, 0.717) is 5.69 Å². The van der Waals surface area contributed by atoms with E-state index in [0.717, 1.165) is 22.0 Å². The normalized spacial score (nSPS) is 10.7. The number of anilines is 1. The van der Waals surface area contributed by atoms with Crippen LogP contribution in [0.25, 0.3) is 22.0 Å². The third kappa shape index (κ3) is 3.38. The number of rotatable bonds is 5. The molecule has 0 unspecified atom stereocenters. The Labute approximate surface area is 138 Å². The van der Waals surface area contributed by atoms with Crippen molar-refractivity contribution < 1.29 is 14.7 Å². The summed E-state index contributed by atoms with van der Waals surface area (Å²) < 4.78 is 1.80. The molecule has 1 aromatic heterocycles. The van der Waals surface area contributed by atoms with Gasteiger partial charge >= 0.3 is 5.97 Å². The van der Waals surface area contributed by atoms with Gasteiger partial charge in [0.1, 0.15) is 13.1 Å². The van der Waals surface area contributed by atoms with E-state index in [1.807, 2.05) is 54.7 Å². The summed E-state index contributed by atoms with van der Waals surface area (Å²) in [6.07, 6.45) is 1.82. The first-order valence-electron chi connectivity index (χ1n) is 7.46. The standard InChI is InChI=1S/C18H17N3O3/c19-15-5-3-12(4-6-15)14-2-1-13-7-8-21(16(13)9-14)11-17(22)20-10-18(23)24/h1-9H,10-11,19H2,(H,20,22)(H,23,24). The van der Waals surface area contributed by atoms with Crippen molar-refractivity contribution in [3.05, 3.63) is 54.7 Å². The molecule has 1 heterocycles. The fraction of sp³-hybridized carbons (Fsp3) is 0.111. The maximum Gasteiger partial charge on any atom is 0.322 e. The molecule has 0 saturated carbocycles. The quantitative estimate of drug-likeness (QED) is 0.626. The molecule has 3 aromatic rings. The maximum atomic E-state index is 11.8. The number of aromatic nitrogens is 1. The molecular weight excluding hydrogens is 306 g/mol. The molecule has 0 spiro atoms. The number of nitrogens with two attached hydrogens (primary N) is 1. The number of nitrogens with zero attached hydrogens (tertiary/aromatic N) is 1. The largest absolute Gasteiger partial charge is 0.480 e. The van der Waals surface area contributed by atoms with Crippen molar-refractivity contribution in [3.63, 3.8) is 0 Å². The summed E-state index contributed by atoms with van der Waals surface area (Å²) in [4.78, 5) is 22.4. The van der Waals surface area contributed by atoms with Gasteiger partial charge in [-0.15, -0.1) is 0 Å². The van der Waals surface area contributed by atoms with E-state index in [1.165, 1.54) is 0 Å². The zero-order valence-corrected chi connectivity index (χ0v) is 12.9. The number of hydrogen-bond acceptors (Lipinski definition) is 3. The first-order valence-corrected chi connectivity index (χ1v) is 7.46. The van der Waals surface area contributed by atoms with Crippen LogP contribution in [0.2, 0.25) is 0 Å². The number of carboxylic acids is 1. The summed E-state index contributed by atoms with van der Waals surface area (Å²) in [5, 5.41) is 12.0. The van der Waals surface area contributed by atoms with Crippen LogP contribution in [0.1, 0.15) is 0 Å². The van der Waals surface area contributed by atoms with E-state index in [1.54, 1.807) is 4.57 Å². The van der Waals surface area contributed by atoms with Crippen molar-refractivity contribution in [3.8, 4) is 11.1 Å². The summed E-state index contributed by atoms with van der Waals surface area (Å²) >= 11 is 0. The second-order valence-corrected chi connectivity index (χ2v) is 5.51. The summed E-state index contributed by atoms with van der Waals surface area (Å²) in [6.45, 7) is -0.309. The maximum absolute atomic E-state index is 11.8. The van der Waals surface area contributed by atoms with Crippen LogP contribution in [-0.2, 0) is 16.1 Å². The molecule has 24 heavy (non-hydrogen) atoms. The number of carbonyl (C=O) groups excluding carboxylic acids is 1. The Bertz CT molecular complexity index is 898. The van der Waals surface area contributed by atoms with E-state index < -0.39 is 5.97 Å². The number of nitrogens with one attached hydrogen (secondary N) is 1. The lowest BCUT2D eigenvalue weighted by Crippen LogP contribution is -2.31. The van der Waals surface area contributed by atoms with Crippen LogP contribution in [-0.4, -0.2) is 28.1 Å². The number of benzene rings is 2. The minimum atomic E-state index is -1.06. The highest BCUT2D eigenvalue weighted by Crippen LogP contribution is 2.25. The lowest BCUT2D eigenvalue weighted by atomic mass is 10.0. The fourth-order valence-corrected chi connectivity index (χ4v) is 2.56. The van der Waals surface area contributed by atoms with Crippen LogP contribution in [0.5, 0.6) is 0 Å². The zero-order valence-electron chi connectivity index (χ0n) is 12.9. The van der Waals surface area contributed by atoms with Gasteiger partial charge in [-0.2, -0.15) is 0 Å². The molecule has 0 radical (unpaired) electrons. The SMILES string of the molecule is Nc1ccc(-c2ccc3ccn(CC(=O)NCC(=O)O)c3c2)cc1. The molecule has 2 aromatic carbocycles. The predicted octanol–water partition coefficient (Wildman–Crippen LogP) is 2.09. The van der Waals surface area contributed by atoms with Crippen LogP contribution in [0.4, 0.5) is 5.69 Å². The molecule has 0 aliphatic heterocycles. The van der Waals surface area contributed by atoms with Gasteiger partial charge in [0.05, 0.1) is 0 Å². The molecule has 0 aliphatic carbocycles. The summed E-state index contributed by atoms with van der Waals surface area (Å²) in [7, 11) is 0. The Hall–Kier alpha value is -3.28. The number of nitrogen functional groups attached to an aromatic ring is 1. The molecule has 6 heteroatoms. The van der Waals surface area contributed by atoms with Crippen molar-refractivity contribution in [2.24, 2.45) is 0 Å². The Morgan fingerprint density at radius 2 is 1.75 bits per heavy atom. The van der Waals surface area contributed by atoms with E-state index in [-0.39, 0.29) is 19.0 Å². The van der Waals surface area contributed by atoms with E-state index in [9.17, 15) is 9.59 Å². The van der Waals surface area contributed by atoms with Gasteiger partial charge in [0, 0.05) is 17.4 Å². The van der Waals surface area contributed by atoms with E-state index in [4.69, 9.17) is 10.8 Å². The molecule has 0 fully saturated rings. The zero-order chi connectivity index (χ0) is 17.1.